The third-order valence-corrected chi connectivity index (χ3v) is 5.53. The van der Waals surface area contributed by atoms with Gasteiger partial charge in [-0.3, -0.25) is 4.99 Å². The van der Waals surface area contributed by atoms with Gasteiger partial charge in [0.25, 0.3) is 0 Å². The van der Waals surface area contributed by atoms with Gasteiger partial charge in [0.05, 0.1) is 29.5 Å². The van der Waals surface area contributed by atoms with Gasteiger partial charge in [-0.15, -0.1) is 22.7 Å². The number of nitrogens with zero attached hydrogens (tertiary/aromatic N) is 3. The van der Waals surface area contributed by atoms with Crippen molar-refractivity contribution in [1.29, 1.82) is 0 Å². The lowest BCUT2D eigenvalue weighted by atomic mass is 10.1. The molecule has 0 spiro atoms. The Hall–Kier alpha value is -1.47. The molecule has 0 aliphatic carbocycles. The number of aryl methyl sites for hydroxylation is 3. The summed E-state index contributed by atoms with van der Waals surface area (Å²) < 4.78 is 0. The van der Waals surface area contributed by atoms with Crippen LogP contribution in [0.4, 0.5) is 0 Å². The van der Waals surface area contributed by atoms with E-state index in [-0.39, 0.29) is 0 Å². The first-order valence-corrected chi connectivity index (χ1v) is 9.37. The summed E-state index contributed by atoms with van der Waals surface area (Å²) in [5, 5.41) is 8.87. The van der Waals surface area contributed by atoms with E-state index in [1.54, 1.807) is 29.7 Å². The highest BCUT2D eigenvalue weighted by molar-refractivity contribution is 7.12. The average Bonchev–Trinajstić information content (AvgIpc) is 3.01. The Morgan fingerprint density at radius 1 is 1.09 bits per heavy atom. The standard InChI is InChI=1S/C16H25N5S2/c1-9(2)15-11(4)22-14(21-15)8-19-16(17-6)18-7-13-10(3)20-12(5)23-13/h9H,7-8H2,1-6H3,(H2,17,18,19). The highest BCUT2D eigenvalue weighted by Gasteiger charge is 2.11. The molecule has 0 bridgehead atoms. The van der Waals surface area contributed by atoms with Crippen LogP contribution in [0.5, 0.6) is 0 Å². The number of nitrogens with one attached hydrogen (secondary N) is 2. The maximum absolute atomic E-state index is 4.72. The van der Waals surface area contributed by atoms with Crippen molar-refractivity contribution in [3.8, 4) is 0 Å². The van der Waals surface area contributed by atoms with Gasteiger partial charge in [0.1, 0.15) is 5.01 Å². The van der Waals surface area contributed by atoms with Crippen molar-refractivity contribution in [3.63, 3.8) is 0 Å². The number of guanidine groups is 1. The first-order chi connectivity index (χ1) is 10.9. The third-order valence-electron chi connectivity index (χ3n) is 3.47. The molecule has 0 saturated carbocycles. The molecule has 126 valence electrons. The minimum absolute atomic E-state index is 0.468. The minimum atomic E-state index is 0.468. The van der Waals surface area contributed by atoms with E-state index in [1.807, 2.05) is 13.8 Å². The molecular formula is C16H25N5S2. The first kappa shape index (κ1) is 17.9. The van der Waals surface area contributed by atoms with Crippen LogP contribution in [-0.2, 0) is 13.1 Å². The van der Waals surface area contributed by atoms with Crippen molar-refractivity contribution in [2.24, 2.45) is 4.99 Å². The molecule has 0 aromatic carbocycles. The Labute approximate surface area is 146 Å². The molecule has 0 atom stereocenters. The number of rotatable bonds is 5. The van der Waals surface area contributed by atoms with Crippen LogP contribution in [-0.4, -0.2) is 23.0 Å². The van der Waals surface area contributed by atoms with E-state index in [2.05, 4.69) is 41.4 Å². The summed E-state index contributed by atoms with van der Waals surface area (Å²) in [5.74, 6) is 1.25. The molecule has 0 unspecified atom stereocenters. The molecule has 0 amide bonds. The lowest BCUT2D eigenvalue weighted by Crippen LogP contribution is -2.36. The molecule has 2 aromatic heterocycles. The Kier molecular flexibility index (Phi) is 6.12. The maximum atomic E-state index is 4.72. The Balaban J connectivity index is 1.90. The molecule has 23 heavy (non-hydrogen) atoms. The van der Waals surface area contributed by atoms with Gasteiger partial charge in [-0.25, -0.2) is 9.97 Å². The number of aromatic nitrogens is 2. The van der Waals surface area contributed by atoms with E-state index in [9.17, 15) is 0 Å². The van der Waals surface area contributed by atoms with E-state index in [0.717, 1.165) is 28.2 Å². The van der Waals surface area contributed by atoms with Gasteiger partial charge in [-0.2, -0.15) is 0 Å². The highest BCUT2D eigenvalue weighted by Crippen LogP contribution is 2.23. The van der Waals surface area contributed by atoms with Crippen LogP contribution in [0.2, 0.25) is 0 Å². The monoisotopic (exact) mass is 351 g/mol. The summed E-state index contributed by atoms with van der Waals surface area (Å²) in [6.45, 7) is 12.0. The van der Waals surface area contributed by atoms with Crippen LogP contribution in [0.25, 0.3) is 0 Å². The zero-order valence-corrected chi connectivity index (χ0v) is 16.3. The lowest BCUT2D eigenvalue weighted by Gasteiger charge is -2.10. The second kappa shape index (κ2) is 7.88. The summed E-state index contributed by atoms with van der Waals surface area (Å²) in [6, 6.07) is 0. The van der Waals surface area contributed by atoms with Crippen molar-refractivity contribution < 1.29 is 0 Å². The summed E-state index contributed by atoms with van der Waals surface area (Å²) in [6.07, 6.45) is 0. The quantitative estimate of drug-likeness (QED) is 0.639. The van der Waals surface area contributed by atoms with Crippen molar-refractivity contribution in [1.82, 2.24) is 20.6 Å². The molecule has 7 heteroatoms. The highest BCUT2D eigenvalue weighted by atomic mass is 32.1. The lowest BCUT2D eigenvalue weighted by molar-refractivity contribution is 0.783. The van der Waals surface area contributed by atoms with Crippen molar-refractivity contribution in [3.05, 3.63) is 31.2 Å². The molecule has 2 heterocycles. The Bertz CT molecular complexity index is 685. The second-order valence-electron chi connectivity index (χ2n) is 5.72. The van der Waals surface area contributed by atoms with Crippen LogP contribution >= 0.6 is 22.7 Å². The molecule has 0 aliphatic heterocycles. The van der Waals surface area contributed by atoms with Crippen LogP contribution < -0.4 is 10.6 Å². The predicted octanol–water partition coefficient (Wildman–Crippen LogP) is 3.51. The van der Waals surface area contributed by atoms with Crippen molar-refractivity contribution in [2.75, 3.05) is 7.05 Å². The Morgan fingerprint density at radius 2 is 1.78 bits per heavy atom. The van der Waals surface area contributed by atoms with Gasteiger partial charge in [-0.05, 0) is 26.7 Å². The molecule has 0 fully saturated rings. The average molecular weight is 352 g/mol. The summed E-state index contributed by atoms with van der Waals surface area (Å²) in [7, 11) is 1.78. The van der Waals surface area contributed by atoms with Crippen molar-refractivity contribution >= 4 is 28.6 Å². The topological polar surface area (TPSA) is 62.2 Å². The first-order valence-electron chi connectivity index (χ1n) is 7.74. The zero-order valence-electron chi connectivity index (χ0n) is 14.6. The molecule has 0 saturated heterocycles. The van der Waals surface area contributed by atoms with Gasteiger partial charge in [0.15, 0.2) is 5.96 Å². The smallest absolute Gasteiger partial charge is 0.191 e. The summed E-state index contributed by atoms with van der Waals surface area (Å²) >= 11 is 3.47. The third kappa shape index (κ3) is 4.75. The Morgan fingerprint density at radius 3 is 2.30 bits per heavy atom. The summed E-state index contributed by atoms with van der Waals surface area (Å²) in [5.41, 5.74) is 2.29. The predicted molar refractivity (Wildman–Crippen MR) is 99.6 cm³/mol. The molecule has 0 aliphatic rings. The van der Waals surface area contributed by atoms with Crippen LogP contribution in [0.1, 0.15) is 50.9 Å². The second-order valence-corrected chi connectivity index (χ2v) is 8.30. The molecule has 2 rings (SSSR count). The van der Waals surface area contributed by atoms with Crippen LogP contribution in [0, 0.1) is 20.8 Å². The summed E-state index contributed by atoms with van der Waals surface area (Å²) in [4.78, 5) is 16.0. The van der Waals surface area contributed by atoms with E-state index in [1.165, 1.54) is 15.4 Å². The molecular weight excluding hydrogens is 326 g/mol. The van der Waals surface area contributed by atoms with Crippen LogP contribution in [0.3, 0.4) is 0 Å². The fourth-order valence-electron chi connectivity index (χ4n) is 2.36. The van der Waals surface area contributed by atoms with Crippen molar-refractivity contribution in [2.45, 2.75) is 53.6 Å². The van der Waals surface area contributed by atoms with E-state index < -0.39 is 0 Å². The zero-order chi connectivity index (χ0) is 17.0. The van der Waals surface area contributed by atoms with Gasteiger partial charge in [0.2, 0.25) is 0 Å². The SMILES string of the molecule is CN=C(NCc1nc(C(C)C)c(C)s1)NCc1sc(C)nc1C. The van der Waals surface area contributed by atoms with Gasteiger partial charge >= 0.3 is 0 Å². The van der Waals surface area contributed by atoms with Crippen LogP contribution in [0.15, 0.2) is 4.99 Å². The molecule has 2 aromatic rings. The minimum Gasteiger partial charge on any atom is -0.351 e. The number of thiazole rings is 2. The van der Waals surface area contributed by atoms with E-state index in [0.29, 0.717) is 12.5 Å². The largest absolute Gasteiger partial charge is 0.351 e. The number of hydrogen-bond acceptors (Lipinski definition) is 5. The fraction of sp³-hybridized carbons (Fsp3) is 0.562. The normalized spacial score (nSPS) is 12.0. The number of aliphatic imine (C=N–C) groups is 1. The van der Waals surface area contributed by atoms with Gasteiger partial charge in [0, 0.05) is 16.8 Å². The fourth-order valence-corrected chi connectivity index (χ4v) is 4.26. The molecule has 2 N–H and O–H groups in total. The number of hydrogen-bond donors (Lipinski definition) is 2. The maximum Gasteiger partial charge on any atom is 0.191 e. The molecule has 0 radical (unpaired) electrons. The van der Waals surface area contributed by atoms with Gasteiger partial charge in [-0.1, -0.05) is 13.8 Å². The van der Waals surface area contributed by atoms with E-state index in [4.69, 9.17) is 4.98 Å². The molecule has 5 nitrogen and oxygen atoms in total. The van der Waals surface area contributed by atoms with Gasteiger partial charge < -0.3 is 10.6 Å². The van der Waals surface area contributed by atoms with E-state index >= 15 is 0 Å².